The van der Waals surface area contributed by atoms with Crippen LogP contribution in [0.3, 0.4) is 0 Å². The lowest BCUT2D eigenvalue weighted by atomic mass is 10.1. The van der Waals surface area contributed by atoms with Crippen molar-refractivity contribution in [3.63, 3.8) is 0 Å². The molecule has 20 heavy (non-hydrogen) atoms. The molecule has 0 unspecified atom stereocenters. The van der Waals surface area contributed by atoms with Crippen molar-refractivity contribution in [2.24, 2.45) is 0 Å². The number of hydrogen-bond acceptors (Lipinski definition) is 2. The minimum absolute atomic E-state index is 0.177. The molecule has 1 aliphatic rings. The maximum atomic E-state index is 12.9. The molecule has 3 nitrogen and oxygen atoms in total. The van der Waals surface area contributed by atoms with Gasteiger partial charge in [0.25, 0.3) is 0 Å². The van der Waals surface area contributed by atoms with Crippen molar-refractivity contribution in [2.75, 3.05) is 11.9 Å². The van der Waals surface area contributed by atoms with Gasteiger partial charge in [0.05, 0.1) is 4.90 Å². The summed E-state index contributed by atoms with van der Waals surface area (Å²) >= 11 is 3.35. The Morgan fingerprint density at radius 2 is 1.80 bits per heavy atom. The highest BCUT2D eigenvalue weighted by Crippen LogP contribution is 2.34. The molecule has 0 aromatic heterocycles. The zero-order valence-corrected chi connectivity index (χ0v) is 13.4. The first-order valence-corrected chi connectivity index (χ1v) is 9.26. The van der Waals surface area contributed by atoms with Gasteiger partial charge < -0.3 is 0 Å². The zero-order valence-electron chi connectivity index (χ0n) is 11.0. The molecule has 1 aliphatic carbocycles. The number of sulfonamides is 1. The van der Waals surface area contributed by atoms with Gasteiger partial charge in [0.2, 0.25) is 10.0 Å². The van der Waals surface area contributed by atoms with Gasteiger partial charge in [0.1, 0.15) is 0 Å². The largest absolute Gasteiger partial charge is 0.243 e. The van der Waals surface area contributed by atoms with Crippen LogP contribution in [-0.2, 0) is 10.0 Å². The molecule has 2 aromatic rings. The summed E-state index contributed by atoms with van der Waals surface area (Å²) in [6, 6.07) is 13.3. The van der Waals surface area contributed by atoms with Gasteiger partial charge in [0, 0.05) is 23.3 Å². The van der Waals surface area contributed by atoms with Crippen LogP contribution in [0.1, 0.15) is 12.8 Å². The topological polar surface area (TPSA) is 37.4 Å². The molecule has 1 fully saturated rings. The number of hydrogen-bond donors (Lipinski definition) is 0. The van der Waals surface area contributed by atoms with E-state index in [9.17, 15) is 8.42 Å². The van der Waals surface area contributed by atoms with Crippen molar-refractivity contribution in [3.8, 4) is 0 Å². The third kappa shape index (κ3) is 2.50. The summed E-state index contributed by atoms with van der Waals surface area (Å²) in [5.41, 5.74) is 0. The molecule has 5 heteroatoms. The van der Waals surface area contributed by atoms with Gasteiger partial charge in [-0.2, -0.15) is 4.31 Å². The third-order valence-corrected chi connectivity index (χ3v) is 5.96. The first-order valence-electron chi connectivity index (χ1n) is 6.70. The van der Waals surface area contributed by atoms with Gasteiger partial charge in [-0.1, -0.05) is 52.3 Å². The van der Waals surface area contributed by atoms with Crippen LogP contribution in [0.5, 0.6) is 0 Å². The van der Waals surface area contributed by atoms with Crippen LogP contribution in [0, 0.1) is 0 Å². The van der Waals surface area contributed by atoms with E-state index < -0.39 is 10.0 Å². The lowest BCUT2D eigenvalue weighted by Crippen LogP contribution is -2.34. The Bertz CT molecular complexity index is 720. The first-order chi connectivity index (χ1) is 9.64. The van der Waals surface area contributed by atoms with Gasteiger partial charge in [-0.15, -0.1) is 0 Å². The fourth-order valence-corrected chi connectivity index (χ4v) is 5.01. The molecule has 2 aromatic carbocycles. The van der Waals surface area contributed by atoms with E-state index in [0.29, 0.717) is 16.8 Å². The van der Waals surface area contributed by atoms with Crippen LogP contribution in [0.15, 0.2) is 47.4 Å². The lowest BCUT2D eigenvalue weighted by molar-refractivity contribution is 0.425. The third-order valence-electron chi connectivity index (χ3n) is 3.60. The number of halogens is 1. The number of nitrogens with zero attached hydrogens (tertiary/aromatic N) is 1. The average molecular weight is 354 g/mol. The van der Waals surface area contributed by atoms with Gasteiger partial charge in [-0.3, -0.25) is 0 Å². The molecule has 0 aliphatic heterocycles. The van der Waals surface area contributed by atoms with Crippen molar-refractivity contribution in [2.45, 2.75) is 23.8 Å². The van der Waals surface area contributed by atoms with Crippen LogP contribution >= 0.6 is 15.9 Å². The van der Waals surface area contributed by atoms with Crippen molar-refractivity contribution in [1.82, 2.24) is 4.31 Å². The molecule has 0 heterocycles. The Morgan fingerprint density at radius 3 is 2.50 bits per heavy atom. The van der Waals surface area contributed by atoms with Crippen LogP contribution < -0.4 is 0 Å². The monoisotopic (exact) mass is 353 g/mol. The highest BCUT2D eigenvalue weighted by Gasteiger charge is 2.38. The second kappa shape index (κ2) is 5.47. The molecule has 0 spiro atoms. The van der Waals surface area contributed by atoms with E-state index in [1.165, 1.54) is 0 Å². The van der Waals surface area contributed by atoms with E-state index in [1.54, 1.807) is 10.4 Å². The summed E-state index contributed by atoms with van der Waals surface area (Å²) in [5, 5.41) is 2.42. The Morgan fingerprint density at radius 1 is 1.10 bits per heavy atom. The van der Waals surface area contributed by atoms with Gasteiger partial charge in [-0.25, -0.2) is 8.42 Å². The van der Waals surface area contributed by atoms with E-state index >= 15 is 0 Å². The quantitative estimate of drug-likeness (QED) is 0.772. The van der Waals surface area contributed by atoms with E-state index in [0.717, 1.165) is 23.6 Å². The summed E-state index contributed by atoms with van der Waals surface area (Å²) in [5.74, 6) is 0. The van der Waals surface area contributed by atoms with Crippen molar-refractivity contribution < 1.29 is 8.42 Å². The van der Waals surface area contributed by atoms with Gasteiger partial charge in [-0.05, 0) is 24.3 Å². The molecule has 106 valence electrons. The minimum atomic E-state index is -3.42. The second-order valence-electron chi connectivity index (χ2n) is 5.01. The summed E-state index contributed by atoms with van der Waals surface area (Å²) in [7, 11) is -3.42. The maximum Gasteiger partial charge on any atom is 0.243 e. The molecular weight excluding hydrogens is 338 g/mol. The Kier molecular flexibility index (Phi) is 3.84. The summed E-state index contributed by atoms with van der Waals surface area (Å²) in [4.78, 5) is 0.420. The Balaban J connectivity index is 2.13. The summed E-state index contributed by atoms with van der Waals surface area (Å²) < 4.78 is 27.5. The molecule has 0 atom stereocenters. The molecule has 1 saturated carbocycles. The Hall–Kier alpha value is -0.910. The normalized spacial score (nSPS) is 15.9. The molecule has 0 bridgehead atoms. The van der Waals surface area contributed by atoms with Crippen LogP contribution in [0.2, 0.25) is 0 Å². The standard InChI is InChI=1S/C15H16BrNO2S/c16-10-11-17(13-8-9-13)20(18,19)15-7-3-5-12-4-1-2-6-14(12)15/h1-7,13H,8-11H2. The zero-order chi connectivity index (χ0) is 14.2. The SMILES string of the molecule is O=S(=O)(c1cccc2ccccc12)N(CCBr)C1CC1. The van der Waals surface area contributed by atoms with Gasteiger partial charge >= 0.3 is 0 Å². The van der Waals surface area contributed by atoms with Crippen molar-refractivity contribution in [1.29, 1.82) is 0 Å². The van der Waals surface area contributed by atoms with Crippen LogP contribution in [0.4, 0.5) is 0 Å². The fraction of sp³-hybridized carbons (Fsp3) is 0.333. The molecule has 0 saturated heterocycles. The van der Waals surface area contributed by atoms with Crippen molar-refractivity contribution in [3.05, 3.63) is 42.5 Å². The lowest BCUT2D eigenvalue weighted by Gasteiger charge is -2.21. The smallest absolute Gasteiger partial charge is 0.207 e. The molecule has 0 N–H and O–H groups in total. The number of benzene rings is 2. The number of fused-ring (bicyclic) bond motifs is 1. The van der Waals surface area contributed by atoms with Crippen LogP contribution in [0.25, 0.3) is 10.8 Å². The second-order valence-corrected chi connectivity index (χ2v) is 7.67. The predicted octanol–water partition coefficient (Wildman–Crippen LogP) is 3.39. The highest BCUT2D eigenvalue weighted by molar-refractivity contribution is 9.09. The molecule has 3 rings (SSSR count). The number of alkyl halides is 1. The predicted molar refractivity (Wildman–Crippen MR) is 84.7 cm³/mol. The number of rotatable bonds is 5. The average Bonchev–Trinajstić information content (AvgIpc) is 3.28. The maximum absolute atomic E-state index is 12.9. The van der Waals surface area contributed by atoms with Crippen LogP contribution in [-0.4, -0.2) is 30.6 Å². The fourth-order valence-electron chi connectivity index (χ4n) is 2.49. The Labute approximate surface area is 127 Å². The van der Waals surface area contributed by atoms with E-state index in [2.05, 4.69) is 15.9 Å². The van der Waals surface area contributed by atoms with E-state index in [1.807, 2.05) is 36.4 Å². The highest BCUT2D eigenvalue weighted by atomic mass is 79.9. The molecular formula is C15H16BrNO2S. The summed E-state index contributed by atoms with van der Waals surface area (Å²) in [6.45, 7) is 0.524. The van der Waals surface area contributed by atoms with Crippen molar-refractivity contribution >= 4 is 36.7 Å². The first kappa shape index (κ1) is 14.0. The molecule has 0 radical (unpaired) electrons. The van der Waals surface area contributed by atoms with E-state index in [-0.39, 0.29) is 6.04 Å². The summed E-state index contributed by atoms with van der Waals surface area (Å²) in [6.07, 6.45) is 1.94. The van der Waals surface area contributed by atoms with E-state index in [4.69, 9.17) is 0 Å². The molecule has 0 amide bonds. The minimum Gasteiger partial charge on any atom is -0.207 e. The van der Waals surface area contributed by atoms with Gasteiger partial charge in [0.15, 0.2) is 0 Å².